The van der Waals surface area contributed by atoms with Gasteiger partial charge in [0, 0.05) is 40.6 Å². The summed E-state index contributed by atoms with van der Waals surface area (Å²) in [4.78, 5) is 23.4. The number of carboxylic acids is 1. The SMILES string of the molecule is Cc1c(C(=O)O)oc2ccc(SN(CCc3ccccc3)Cc3ccccc3[N+](=O)[O-])cc12. The van der Waals surface area contributed by atoms with E-state index in [1.165, 1.54) is 23.6 Å². The third-order valence-corrected chi connectivity index (χ3v) is 6.40. The number of benzene rings is 3. The fourth-order valence-electron chi connectivity index (χ4n) is 3.68. The number of hydrogen-bond acceptors (Lipinski definition) is 6. The van der Waals surface area contributed by atoms with Crippen molar-refractivity contribution >= 4 is 34.6 Å². The first-order valence-corrected chi connectivity index (χ1v) is 11.2. The van der Waals surface area contributed by atoms with Crippen molar-refractivity contribution in [3.8, 4) is 0 Å². The molecule has 0 saturated heterocycles. The van der Waals surface area contributed by atoms with Gasteiger partial charge in [0.25, 0.3) is 5.69 Å². The van der Waals surface area contributed by atoms with Crippen molar-refractivity contribution in [2.45, 2.75) is 24.8 Å². The van der Waals surface area contributed by atoms with Crippen molar-refractivity contribution in [2.75, 3.05) is 6.54 Å². The molecule has 0 radical (unpaired) electrons. The molecule has 0 unspecified atom stereocenters. The molecular formula is C25H22N2O5S. The molecule has 1 aromatic heterocycles. The van der Waals surface area contributed by atoms with Crippen LogP contribution in [0.25, 0.3) is 11.0 Å². The number of aromatic carboxylic acids is 1. The van der Waals surface area contributed by atoms with Crippen molar-refractivity contribution in [2.24, 2.45) is 0 Å². The molecule has 4 rings (SSSR count). The molecule has 7 nitrogen and oxygen atoms in total. The molecule has 0 fully saturated rings. The molecule has 3 aromatic carbocycles. The summed E-state index contributed by atoms with van der Waals surface area (Å²) < 4.78 is 7.55. The highest BCUT2D eigenvalue weighted by atomic mass is 32.2. The molecule has 168 valence electrons. The molecule has 1 heterocycles. The van der Waals surface area contributed by atoms with E-state index in [1.54, 1.807) is 31.2 Å². The van der Waals surface area contributed by atoms with E-state index < -0.39 is 5.97 Å². The minimum Gasteiger partial charge on any atom is -0.475 e. The number of nitro groups is 1. The average molecular weight is 463 g/mol. The predicted octanol–water partition coefficient (Wildman–Crippen LogP) is 6.10. The van der Waals surface area contributed by atoms with Gasteiger partial charge in [-0.2, -0.15) is 0 Å². The third kappa shape index (κ3) is 5.24. The van der Waals surface area contributed by atoms with Crippen LogP contribution in [0.15, 0.2) is 82.1 Å². The molecule has 0 aliphatic rings. The molecule has 0 saturated carbocycles. The van der Waals surface area contributed by atoms with E-state index in [0.29, 0.717) is 29.8 Å². The van der Waals surface area contributed by atoms with Gasteiger partial charge in [0.05, 0.1) is 4.92 Å². The first-order chi connectivity index (χ1) is 15.9. The Hall–Kier alpha value is -3.62. The number of furan rings is 1. The van der Waals surface area contributed by atoms with Gasteiger partial charge in [-0.15, -0.1) is 0 Å². The highest BCUT2D eigenvalue weighted by molar-refractivity contribution is 7.97. The van der Waals surface area contributed by atoms with E-state index in [1.807, 2.05) is 30.3 Å². The number of rotatable bonds is 9. The highest BCUT2D eigenvalue weighted by Gasteiger charge is 2.19. The number of carbonyl (C=O) groups is 1. The molecule has 0 atom stereocenters. The van der Waals surface area contributed by atoms with Crippen LogP contribution in [-0.4, -0.2) is 26.8 Å². The van der Waals surface area contributed by atoms with Gasteiger partial charge in [0.1, 0.15) is 5.58 Å². The number of nitro benzene ring substituents is 1. The van der Waals surface area contributed by atoms with Crippen LogP contribution in [-0.2, 0) is 13.0 Å². The summed E-state index contributed by atoms with van der Waals surface area (Å²) in [6.45, 7) is 2.78. The van der Waals surface area contributed by atoms with Crippen molar-refractivity contribution in [3.05, 3.63) is 105 Å². The Morgan fingerprint density at radius 2 is 1.82 bits per heavy atom. The maximum absolute atomic E-state index is 11.5. The summed E-state index contributed by atoms with van der Waals surface area (Å²) in [5.74, 6) is -1.16. The zero-order chi connectivity index (χ0) is 23.4. The van der Waals surface area contributed by atoms with Crippen LogP contribution >= 0.6 is 11.9 Å². The monoisotopic (exact) mass is 462 g/mol. The highest BCUT2D eigenvalue weighted by Crippen LogP contribution is 2.33. The van der Waals surface area contributed by atoms with Gasteiger partial charge in [-0.3, -0.25) is 10.1 Å². The number of fused-ring (bicyclic) bond motifs is 1. The minimum atomic E-state index is -1.10. The Morgan fingerprint density at radius 3 is 2.55 bits per heavy atom. The third-order valence-electron chi connectivity index (χ3n) is 5.36. The lowest BCUT2D eigenvalue weighted by atomic mass is 10.1. The summed E-state index contributed by atoms with van der Waals surface area (Å²) >= 11 is 1.49. The van der Waals surface area contributed by atoms with Crippen LogP contribution in [0.3, 0.4) is 0 Å². The second kappa shape index (κ2) is 9.89. The van der Waals surface area contributed by atoms with Crippen LogP contribution in [0, 0.1) is 17.0 Å². The van der Waals surface area contributed by atoms with Gasteiger partial charge >= 0.3 is 5.97 Å². The lowest BCUT2D eigenvalue weighted by molar-refractivity contribution is -0.385. The van der Waals surface area contributed by atoms with E-state index in [-0.39, 0.29) is 16.4 Å². The Kier molecular flexibility index (Phi) is 6.76. The van der Waals surface area contributed by atoms with Crippen LogP contribution in [0.1, 0.15) is 27.2 Å². The number of carboxylic acid groups (broad SMARTS) is 1. The fraction of sp³-hybridized carbons (Fsp3) is 0.160. The zero-order valence-electron chi connectivity index (χ0n) is 17.9. The summed E-state index contributed by atoms with van der Waals surface area (Å²) in [7, 11) is 0. The Morgan fingerprint density at radius 1 is 1.09 bits per heavy atom. The molecule has 0 spiro atoms. The van der Waals surface area contributed by atoms with Crippen molar-refractivity contribution in [1.29, 1.82) is 0 Å². The Labute approximate surface area is 194 Å². The lowest BCUT2D eigenvalue weighted by Crippen LogP contribution is -2.19. The molecule has 0 aliphatic carbocycles. The maximum atomic E-state index is 11.5. The van der Waals surface area contributed by atoms with Crippen LogP contribution in [0.4, 0.5) is 5.69 Å². The normalized spacial score (nSPS) is 11.2. The number of para-hydroxylation sites is 1. The predicted molar refractivity (Wildman–Crippen MR) is 127 cm³/mol. The van der Waals surface area contributed by atoms with Gasteiger partial charge < -0.3 is 9.52 Å². The summed E-state index contributed by atoms with van der Waals surface area (Å²) in [6.07, 6.45) is 0.782. The van der Waals surface area contributed by atoms with Crippen LogP contribution in [0.5, 0.6) is 0 Å². The quantitative estimate of drug-likeness (QED) is 0.182. The largest absolute Gasteiger partial charge is 0.475 e. The zero-order valence-corrected chi connectivity index (χ0v) is 18.7. The molecule has 0 aliphatic heterocycles. The van der Waals surface area contributed by atoms with E-state index in [9.17, 15) is 20.0 Å². The molecule has 4 aromatic rings. The maximum Gasteiger partial charge on any atom is 0.372 e. The van der Waals surface area contributed by atoms with Gasteiger partial charge in [-0.1, -0.05) is 48.5 Å². The summed E-state index contributed by atoms with van der Waals surface area (Å²) in [5.41, 5.74) is 3.00. The van der Waals surface area contributed by atoms with Crippen LogP contribution < -0.4 is 0 Å². The van der Waals surface area contributed by atoms with Gasteiger partial charge in [-0.25, -0.2) is 9.10 Å². The van der Waals surface area contributed by atoms with Crippen LogP contribution in [0.2, 0.25) is 0 Å². The Bertz CT molecular complexity index is 1300. The van der Waals surface area contributed by atoms with E-state index in [2.05, 4.69) is 16.4 Å². The summed E-state index contributed by atoms with van der Waals surface area (Å²) in [6, 6.07) is 22.4. The molecule has 1 N–H and O–H groups in total. The smallest absolute Gasteiger partial charge is 0.372 e. The lowest BCUT2D eigenvalue weighted by Gasteiger charge is -2.21. The van der Waals surface area contributed by atoms with E-state index in [4.69, 9.17) is 4.42 Å². The first kappa shape index (κ1) is 22.6. The fourth-order valence-corrected chi connectivity index (χ4v) is 4.66. The number of nitrogens with zero attached hydrogens (tertiary/aromatic N) is 2. The average Bonchev–Trinajstić information content (AvgIpc) is 3.14. The first-order valence-electron chi connectivity index (χ1n) is 10.4. The molecule has 0 amide bonds. The van der Waals surface area contributed by atoms with Gasteiger partial charge in [-0.05, 0) is 49.1 Å². The van der Waals surface area contributed by atoms with E-state index >= 15 is 0 Å². The van der Waals surface area contributed by atoms with Crippen molar-refractivity contribution in [1.82, 2.24) is 4.31 Å². The number of hydrogen-bond donors (Lipinski definition) is 1. The number of aryl methyl sites for hydroxylation is 1. The molecule has 33 heavy (non-hydrogen) atoms. The minimum absolute atomic E-state index is 0.0620. The van der Waals surface area contributed by atoms with Gasteiger partial charge in [0.2, 0.25) is 5.76 Å². The van der Waals surface area contributed by atoms with Crippen molar-refractivity contribution in [3.63, 3.8) is 0 Å². The Balaban J connectivity index is 1.62. The second-order valence-electron chi connectivity index (χ2n) is 7.60. The second-order valence-corrected chi connectivity index (χ2v) is 8.77. The standard InChI is InChI=1S/C25H22N2O5S/c1-17-21-15-20(11-12-23(21)32-24(17)25(28)29)33-26(14-13-18-7-3-2-4-8-18)16-19-9-5-6-10-22(19)27(30)31/h2-12,15H,13-14,16H2,1H3,(H,28,29). The topological polar surface area (TPSA) is 96.8 Å². The molecule has 0 bridgehead atoms. The summed E-state index contributed by atoms with van der Waals surface area (Å²) in [5, 5.41) is 21.6. The van der Waals surface area contributed by atoms with E-state index in [0.717, 1.165) is 16.7 Å². The molecular weight excluding hydrogens is 440 g/mol. The van der Waals surface area contributed by atoms with Crippen molar-refractivity contribution < 1.29 is 19.2 Å². The molecule has 8 heteroatoms. The van der Waals surface area contributed by atoms with Gasteiger partial charge in [0.15, 0.2) is 0 Å².